The second kappa shape index (κ2) is 10.2. The average Bonchev–Trinajstić information content (AvgIpc) is 2.81. The van der Waals surface area contributed by atoms with Crippen LogP contribution in [0, 0.1) is 0 Å². The topological polar surface area (TPSA) is 115 Å². The van der Waals surface area contributed by atoms with Crippen LogP contribution >= 0.6 is 0 Å². The lowest BCUT2D eigenvalue weighted by atomic mass is 10.1. The number of urea groups is 1. The number of hydrogen-bond donors (Lipinski definition) is 3. The number of nitrogen functional groups attached to an aromatic ring is 1. The standard InChI is InChI=1S/C24H28N6O3/c1-30(2)24(31)28-18-5-3-4-17(15-18)27-23-26-11-8-21(29-23)16-6-7-22(20(25)14-16)33-19-9-12-32-13-10-19/h3-8,11,14-15,19H,9-10,12-13,25H2,1-2H3,(H,28,31)(H,26,27,29). The van der Waals surface area contributed by atoms with Gasteiger partial charge in [0.2, 0.25) is 5.95 Å². The van der Waals surface area contributed by atoms with Gasteiger partial charge >= 0.3 is 6.03 Å². The first-order valence-corrected chi connectivity index (χ1v) is 10.8. The summed E-state index contributed by atoms with van der Waals surface area (Å²) >= 11 is 0. The summed E-state index contributed by atoms with van der Waals surface area (Å²) in [6.07, 6.45) is 3.54. The molecule has 33 heavy (non-hydrogen) atoms. The Hall–Kier alpha value is -3.85. The average molecular weight is 449 g/mol. The minimum absolute atomic E-state index is 0.125. The molecule has 9 heteroatoms. The van der Waals surface area contributed by atoms with Gasteiger partial charge in [0.25, 0.3) is 0 Å². The third kappa shape index (κ3) is 5.89. The van der Waals surface area contributed by atoms with Crippen LogP contribution in [0.1, 0.15) is 12.8 Å². The van der Waals surface area contributed by atoms with Crippen LogP contribution in [0.4, 0.5) is 27.8 Å². The number of nitrogens with zero attached hydrogens (tertiary/aromatic N) is 3. The smallest absolute Gasteiger partial charge is 0.321 e. The molecule has 0 unspecified atom stereocenters. The summed E-state index contributed by atoms with van der Waals surface area (Å²) < 4.78 is 11.4. The third-order valence-corrected chi connectivity index (χ3v) is 5.20. The summed E-state index contributed by atoms with van der Waals surface area (Å²) in [6, 6.07) is 14.7. The van der Waals surface area contributed by atoms with E-state index in [1.54, 1.807) is 20.3 Å². The number of carbonyl (C=O) groups excluding carboxylic acids is 1. The molecular formula is C24H28N6O3. The Kier molecular flexibility index (Phi) is 6.89. The maximum atomic E-state index is 11.9. The number of rotatable bonds is 6. The Morgan fingerprint density at radius 2 is 1.91 bits per heavy atom. The van der Waals surface area contributed by atoms with Crippen molar-refractivity contribution >= 4 is 29.0 Å². The molecule has 0 spiro atoms. The Labute approximate surface area is 192 Å². The number of amides is 2. The third-order valence-electron chi connectivity index (χ3n) is 5.20. The predicted octanol–water partition coefficient (Wildman–Crippen LogP) is 4.12. The van der Waals surface area contributed by atoms with Gasteiger partial charge < -0.3 is 30.7 Å². The van der Waals surface area contributed by atoms with Gasteiger partial charge in [-0.1, -0.05) is 6.07 Å². The quantitative estimate of drug-likeness (QED) is 0.486. The van der Waals surface area contributed by atoms with Crippen LogP contribution in [0.5, 0.6) is 5.75 Å². The molecule has 2 aromatic carbocycles. The first-order chi connectivity index (χ1) is 16.0. The molecule has 0 bridgehead atoms. The molecular weight excluding hydrogens is 420 g/mol. The molecule has 1 aliphatic rings. The van der Waals surface area contributed by atoms with E-state index in [2.05, 4.69) is 20.6 Å². The van der Waals surface area contributed by atoms with E-state index < -0.39 is 0 Å². The van der Waals surface area contributed by atoms with Crippen molar-refractivity contribution in [1.29, 1.82) is 0 Å². The second-order valence-electron chi connectivity index (χ2n) is 7.98. The van der Waals surface area contributed by atoms with Gasteiger partial charge in [0.1, 0.15) is 11.9 Å². The fraction of sp³-hybridized carbons (Fsp3) is 0.292. The zero-order valence-corrected chi connectivity index (χ0v) is 18.7. The van der Waals surface area contributed by atoms with Gasteiger partial charge in [0.15, 0.2) is 0 Å². The molecule has 9 nitrogen and oxygen atoms in total. The highest BCUT2D eigenvalue weighted by Crippen LogP contribution is 2.30. The SMILES string of the molecule is CN(C)C(=O)Nc1cccc(Nc2nccc(-c3ccc(OC4CCOCC4)c(N)c3)n2)c1. The van der Waals surface area contributed by atoms with Crippen LogP contribution in [0.2, 0.25) is 0 Å². The van der Waals surface area contributed by atoms with E-state index in [0.717, 1.165) is 29.8 Å². The zero-order valence-electron chi connectivity index (χ0n) is 18.7. The van der Waals surface area contributed by atoms with E-state index in [1.807, 2.05) is 48.5 Å². The molecule has 3 aromatic rings. The van der Waals surface area contributed by atoms with Crippen LogP contribution in [-0.2, 0) is 4.74 Å². The van der Waals surface area contributed by atoms with Crippen LogP contribution in [-0.4, -0.2) is 54.3 Å². The van der Waals surface area contributed by atoms with Crippen molar-refractivity contribution in [2.75, 3.05) is 43.7 Å². The van der Waals surface area contributed by atoms with E-state index in [0.29, 0.717) is 36.3 Å². The van der Waals surface area contributed by atoms with Crippen molar-refractivity contribution in [3.63, 3.8) is 0 Å². The molecule has 2 heterocycles. The first-order valence-electron chi connectivity index (χ1n) is 10.8. The Bertz CT molecular complexity index is 1110. The summed E-state index contributed by atoms with van der Waals surface area (Å²) in [5.74, 6) is 1.11. The minimum Gasteiger partial charge on any atom is -0.488 e. The number of carbonyl (C=O) groups is 1. The number of aromatic nitrogens is 2. The Morgan fingerprint density at radius 3 is 2.67 bits per heavy atom. The molecule has 2 amide bonds. The van der Waals surface area contributed by atoms with E-state index >= 15 is 0 Å². The summed E-state index contributed by atoms with van der Waals surface area (Å²) in [6.45, 7) is 1.43. The van der Waals surface area contributed by atoms with Crippen molar-refractivity contribution < 1.29 is 14.3 Å². The molecule has 1 aliphatic heterocycles. The molecule has 4 N–H and O–H groups in total. The Balaban J connectivity index is 1.47. The lowest BCUT2D eigenvalue weighted by Crippen LogP contribution is -2.27. The van der Waals surface area contributed by atoms with Gasteiger partial charge in [0, 0.05) is 50.1 Å². The molecule has 1 fully saturated rings. The van der Waals surface area contributed by atoms with Gasteiger partial charge in [-0.05, 0) is 42.5 Å². The van der Waals surface area contributed by atoms with Gasteiger partial charge in [0.05, 0.1) is 24.6 Å². The Morgan fingerprint density at radius 1 is 1.12 bits per heavy atom. The van der Waals surface area contributed by atoms with Crippen LogP contribution < -0.4 is 21.1 Å². The molecule has 1 saturated heterocycles. The molecule has 0 radical (unpaired) electrons. The number of anilines is 4. The van der Waals surface area contributed by atoms with E-state index in [1.165, 1.54) is 4.90 Å². The number of ether oxygens (including phenoxy) is 2. The van der Waals surface area contributed by atoms with Crippen LogP contribution in [0.3, 0.4) is 0 Å². The molecule has 1 aromatic heterocycles. The van der Waals surface area contributed by atoms with Gasteiger partial charge in [-0.15, -0.1) is 0 Å². The number of nitrogens with two attached hydrogens (primary N) is 1. The normalized spacial score (nSPS) is 13.9. The number of hydrogen-bond acceptors (Lipinski definition) is 7. The number of nitrogens with one attached hydrogen (secondary N) is 2. The lowest BCUT2D eigenvalue weighted by molar-refractivity contribution is 0.0259. The maximum absolute atomic E-state index is 11.9. The summed E-state index contributed by atoms with van der Waals surface area (Å²) in [5, 5.41) is 6.00. The summed E-state index contributed by atoms with van der Waals surface area (Å²) in [4.78, 5) is 22.3. The zero-order chi connectivity index (χ0) is 23.2. The fourth-order valence-corrected chi connectivity index (χ4v) is 3.41. The molecule has 4 rings (SSSR count). The highest BCUT2D eigenvalue weighted by molar-refractivity contribution is 5.89. The van der Waals surface area contributed by atoms with Crippen LogP contribution in [0.15, 0.2) is 54.7 Å². The van der Waals surface area contributed by atoms with Gasteiger partial charge in [-0.2, -0.15) is 0 Å². The molecule has 0 aliphatic carbocycles. The maximum Gasteiger partial charge on any atom is 0.321 e. The van der Waals surface area contributed by atoms with E-state index in [-0.39, 0.29) is 12.1 Å². The summed E-state index contributed by atoms with van der Waals surface area (Å²) in [7, 11) is 3.38. The monoisotopic (exact) mass is 448 g/mol. The first kappa shape index (κ1) is 22.3. The molecule has 0 atom stereocenters. The van der Waals surface area contributed by atoms with Gasteiger partial charge in [-0.25, -0.2) is 14.8 Å². The highest BCUT2D eigenvalue weighted by atomic mass is 16.5. The largest absolute Gasteiger partial charge is 0.488 e. The second-order valence-corrected chi connectivity index (χ2v) is 7.98. The minimum atomic E-state index is -0.202. The summed E-state index contributed by atoms with van der Waals surface area (Å²) in [5.41, 5.74) is 9.85. The van der Waals surface area contributed by atoms with E-state index in [9.17, 15) is 4.79 Å². The lowest BCUT2D eigenvalue weighted by Gasteiger charge is -2.24. The van der Waals surface area contributed by atoms with Crippen molar-refractivity contribution in [3.05, 3.63) is 54.7 Å². The number of benzene rings is 2. The predicted molar refractivity (Wildman–Crippen MR) is 129 cm³/mol. The molecule has 172 valence electrons. The van der Waals surface area contributed by atoms with Crippen LogP contribution in [0.25, 0.3) is 11.3 Å². The highest BCUT2D eigenvalue weighted by Gasteiger charge is 2.17. The van der Waals surface area contributed by atoms with Crippen molar-refractivity contribution in [2.24, 2.45) is 0 Å². The molecule has 0 saturated carbocycles. The van der Waals surface area contributed by atoms with Crippen molar-refractivity contribution in [3.8, 4) is 17.0 Å². The van der Waals surface area contributed by atoms with E-state index in [4.69, 9.17) is 15.2 Å². The van der Waals surface area contributed by atoms with Crippen molar-refractivity contribution in [2.45, 2.75) is 18.9 Å². The van der Waals surface area contributed by atoms with Gasteiger partial charge in [-0.3, -0.25) is 0 Å². The van der Waals surface area contributed by atoms with Crippen molar-refractivity contribution in [1.82, 2.24) is 14.9 Å². The fourth-order valence-electron chi connectivity index (χ4n) is 3.41.